The second-order valence-corrected chi connectivity index (χ2v) is 5.66. The Morgan fingerprint density at radius 2 is 1.79 bits per heavy atom. The van der Waals surface area contributed by atoms with E-state index in [9.17, 15) is 0 Å². The van der Waals surface area contributed by atoms with E-state index in [0.29, 0.717) is 6.61 Å². The monoisotopic (exact) mass is 266 g/mol. The molecule has 3 N–H and O–H groups in total. The molecule has 108 valence electrons. The summed E-state index contributed by atoms with van der Waals surface area (Å²) in [6.45, 7) is 9.13. The number of methoxy groups -OCH3 is 1. The zero-order chi connectivity index (χ0) is 14.5. The average molecular weight is 266 g/mol. The van der Waals surface area contributed by atoms with Crippen LogP contribution in [0, 0.1) is 5.41 Å². The molecule has 0 amide bonds. The molecule has 2 atom stereocenters. The van der Waals surface area contributed by atoms with Gasteiger partial charge in [-0.15, -0.1) is 0 Å². The van der Waals surface area contributed by atoms with Crippen LogP contribution < -0.4 is 16.0 Å². The van der Waals surface area contributed by atoms with Gasteiger partial charge in [-0.3, -0.25) is 11.3 Å². The van der Waals surface area contributed by atoms with E-state index < -0.39 is 0 Å². The Morgan fingerprint density at radius 3 is 2.16 bits per heavy atom. The van der Waals surface area contributed by atoms with E-state index >= 15 is 0 Å². The van der Waals surface area contributed by atoms with Crippen LogP contribution in [0.15, 0.2) is 24.3 Å². The second-order valence-electron chi connectivity index (χ2n) is 5.66. The lowest BCUT2D eigenvalue weighted by atomic mass is 9.82. The first kappa shape index (κ1) is 16.0. The lowest BCUT2D eigenvalue weighted by molar-refractivity contribution is -0.0366. The highest BCUT2D eigenvalue weighted by Crippen LogP contribution is 2.33. The number of rotatable bonds is 6. The van der Waals surface area contributed by atoms with Crippen LogP contribution in [0.25, 0.3) is 0 Å². The van der Waals surface area contributed by atoms with E-state index in [1.165, 1.54) is 0 Å². The summed E-state index contributed by atoms with van der Waals surface area (Å²) in [6, 6.07) is 7.85. The van der Waals surface area contributed by atoms with Gasteiger partial charge < -0.3 is 9.47 Å². The first-order chi connectivity index (χ1) is 8.93. The van der Waals surface area contributed by atoms with Crippen molar-refractivity contribution in [2.45, 2.75) is 39.8 Å². The van der Waals surface area contributed by atoms with Gasteiger partial charge in [0.25, 0.3) is 0 Å². The van der Waals surface area contributed by atoms with Gasteiger partial charge in [0.15, 0.2) is 0 Å². The molecule has 0 aliphatic carbocycles. The molecule has 1 aromatic rings. The third-order valence-corrected chi connectivity index (χ3v) is 3.16. The summed E-state index contributed by atoms with van der Waals surface area (Å²) in [5, 5.41) is 0. The summed E-state index contributed by atoms with van der Waals surface area (Å²) >= 11 is 0. The molecule has 0 fully saturated rings. The van der Waals surface area contributed by atoms with Crippen LogP contribution in [0.1, 0.15) is 39.3 Å². The first-order valence-corrected chi connectivity index (χ1v) is 6.65. The number of nitrogens with one attached hydrogen (secondary N) is 1. The molecule has 4 nitrogen and oxygen atoms in total. The van der Waals surface area contributed by atoms with Crippen molar-refractivity contribution in [3.8, 4) is 5.75 Å². The summed E-state index contributed by atoms with van der Waals surface area (Å²) in [5.74, 6) is 6.58. The number of hydrogen-bond donors (Lipinski definition) is 2. The van der Waals surface area contributed by atoms with E-state index in [1.54, 1.807) is 7.11 Å². The highest BCUT2D eigenvalue weighted by molar-refractivity contribution is 5.30. The quantitative estimate of drug-likeness (QED) is 0.614. The van der Waals surface area contributed by atoms with Gasteiger partial charge in [-0.1, -0.05) is 32.9 Å². The molecule has 0 saturated carbocycles. The van der Waals surface area contributed by atoms with E-state index in [0.717, 1.165) is 11.3 Å². The van der Waals surface area contributed by atoms with Crippen molar-refractivity contribution < 1.29 is 9.47 Å². The zero-order valence-corrected chi connectivity index (χ0v) is 12.6. The van der Waals surface area contributed by atoms with Gasteiger partial charge in [0.05, 0.1) is 19.3 Å². The smallest absolute Gasteiger partial charge is 0.118 e. The normalized spacial score (nSPS) is 15.1. The Bertz CT molecular complexity index is 371. The maximum Gasteiger partial charge on any atom is 0.118 e. The average Bonchev–Trinajstić information content (AvgIpc) is 2.38. The van der Waals surface area contributed by atoms with Crippen molar-refractivity contribution >= 4 is 0 Å². The topological polar surface area (TPSA) is 56.5 Å². The molecule has 0 saturated heterocycles. The van der Waals surface area contributed by atoms with E-state index in [4.69, 9.17) is 15.3 Å². The van der Waals surface area contributed by atoms with Gasteiger partial charge >= 0.3 is 0 Å². The molecule has 0 bridgehead atoms. The Balaban J connectivity index is 3.01. The molecular weight excluding hydrogens is 240 g/mol. The number of ether oxygens (including phenoxy) is 2. The minimum absolute atomic E-state index is 0.00380. The molecule has 0 heterocycles. The highest BCUT2D eigenvalue weighted by Gasteiger charge is 2.33. The largest absolute Gasteiger partial charge is 0.497 e. The third-order valence-electron chi connectivity index (χ3n) is 3.16. The minimum atomic E-state index is -0.0501. The standard InChI is InChI=1S/C15H26N2O2/c1-6-19-14(15(2,3)4)13(17-16)11-7-9-12(18-5)10-8-11/h7-10,13-14,17H,6,16H2,1-5H3. The highest BCUT2D eigenvalue weighted by atomic mass is 16.5. The molecule has 19 heavy (non-hydrogen) atoms. The second kappa shape index (κ2) is 6.89. The molecule has 2 unspecified atom stereocenters. The van der Waals surface area contributed by atoms with Crippen molar-refractivity contribution in [2.24, 2.45) is 11.3 Å². The van der Waals surface area contributed by atoms with Gasteiger partial charge in [0.2, 0.25) is 0 Å². The van der Waals surface area contributed by atoms with Crippen LogP contribution in [0.2, 0.25) is 0 Å². The lowest BCUT2D eigenvalue weighted by Gasteiger charge is -2.36. The predicted octanol–water partition coefficient (Wildman–Crippen LogP) is 2.65. The number of nitrogens with two attached hydrogens (primary N) is 1. The molecule has 0 aliphatic heterocycles. The summed E-state index contributed by atoms with van der Waals surface area (Å²) in [5.41, 5.74) is 3.97. The van der Waals surface area contributed by atoms with E-state index in [1.807, 2.05) is 31.2 Å². The molecule has 1 aromatic carbocycles. The van der Waals surface area contributed by atoms with Gasteiger partial charge in [0.1, 0.15) is 5.75 Å². The molecular formula is C15H26N2O2. The maximum atomic E-state index is 5.90. The van der Waals surface area contributed by atoms with Gasteiger partial charge in [0, 0.05) is 6.61 Å². The Kier molecular flexibility index (Phi) is 5.79. The molecule has 0 aromatic heterocycles. The van der Waals surface area contributed by atoms with Crippen LogP contribution >= 0.6 is 0 Å². The number of hydrogen-bond acceptors (Lipinski definition) is 4. The fraction of sp³-hybridized carbons (Fsp3) is 0.600. The van der Waals surface area contributed by atoms with Crippen molar-refractivity contribution in [1.82, 2.24) is 5.43 Å². The van der Waals surface area contributed by atoms with Gasteiger partial charge in [-0.25, -0.2) is 0 Å². The van der Waals surface area contributed by atoms with Crippen LogP contribution in [-0.2, 0) is 4.74 Å². The molecule has 0 spiro atoms. The molecule has 0 radical (unpaired) electrons. The lowest BCUT2D eigenvalue weighted by Crippen LogP contribution is -2.44. The van der Waals surface area contributed by atoms with E-state index in [-0.39, 0.29) is 17.6 Å². The summed E-state index contributed by atoms with van der Waals surface area (Å²) in [4.78, 5) is 0. The minimum Gasteiger partial charge on any atom is -0.497 e. The van der Waals surface area contributed by atoms with Crippen LogP contribution in [0.3, 0.4) is 0 Å². The van der Waals surface area contributed by atoms with Crippen LogP contribution in [-0.4, -0.2) is 19.8 Å². The van der Waals surface area contributed by atoms with Crippen LogP contribution in [0.5, 0.6) is 5.75 Å². The molecule has 1 rings (SSSR count). The summed E-state index contributed by atoms with van der Waals surface area (Å²) in [6.07, 6.45) is -0.00380. The predicted molar refractivity (Wildman–Crippen MR) is 77.9 cm³/mol. The van der Waals surface area contributed by atoms with Gasteiger partial charge in [-0.2, -0.15) is 0 Å². The fourth-order valence-electron chi connectivity index (χ4n) is 2.20. The van der Waals surface area contributed by atoms with Crippen LogP contribution in [0.4, 0.5) is 0 Å². The third kappa shape index (κ3) is 4.20. The van der Waals surface area contributed by atoms with Crippen molar-refractivity contribution in [2.75, 3.05) is 13.7 Å². The molecule has 4 heteroatoms. The SMILES string of the molecule is CCOC(C(NN)c1ccc(OC)cc1)C(C)(C)C. The van der Waals surface area contributed by atoms with Gasteiger partial charge in [-0.05, 0) is 30.0 Å². The van der Waals surface area contributed by atoms with Crippen molar-refractivity contribution in [1.29, 1.82) is 0 Å². The number of hydrazine groups is 1. The fourth-order valence-corrected chi connectivity index (χ4v) is 2.20. The van der Waals surface area contributed by atoms with Crippen molar-refractivity contribution in [3.05, 3.63) is 29.8 Å². The maximum absolute atomic E-state index is 5.90. The first-order valence-electron chi connectivity index (χ1n) is 6.65. The number of benzene rings is 1. The molecule has 0 aliphatic rings. The zero-order valence-electron chi connectivity index (χ0n) is 12.6. The Hall–Kier alpha value is -1.10. The summed E-state index contributed by atoms with van der Waals surface area (Å²) in [7, 11) is 1.66. The van der Waals surface area contributed by atoms with Crippen molar-refractivity contribution in [3.63, 3.8) is 0 Å². The Labute approximate surface area is 116 Å². The van der Waals surface area contributed by atoms with E-state index in [2.05, 4.69) is 26.2 Å². The Morgan fingerprint density at radius 1 is 1.21 bits per heavy atom. The summed E-state index contributed by atoms with van der Waals surface area (Å²) < 4.78 is 11.1.